The maximum absolute atomic E-state index is 4.69. The molecule has 78 valence electrons. The standard InChI is InChI=1S/C11H12N2S2/c1-2-6-13(5-1)11-12-9(8-15-11)10-4-3-7-14-10/h3-4,7-8H,1-2,5-6H2. The molecule has 2 nitrogen and oxygen atoms in total. The van der Waals surface area contributed by atoms with Crippen LogP contribution >= 0.6 is 22.7 Å². The fourth-order valence-corrected chi connectivity index (χ4v) is 3.50. The normalized spacial score (nSPS) is 16.1. The Hall–Kier alpha value is -0.870. The van der Waals surface area contributed by atoms with E-state index in [9.17, 15) is 0 Å². The molecule has 0 aromatic carbocycles. The zero-order valence-electron chi connectivity index (χ0n) is 8.35. The van der Waals surface area contributed by atoms with Crippen LogP contribution in [0.3, 0.4) is 0 Å². The van der Waals surface area contributed by atoms with Gasteiger partial charge in [-0.15, -0.1) is 22.7 Å². The summed E-state index contributed by atoms with van der Waals surface area (Å²) in [6.07, 6.45) is 2.63. The molecule has 0 saturated carbocycles. The quantitative estimate of drug-likeness (QED) is 0.793. The van der Waals surface area contributed by atoms with Crippen molar-refractivity contribution in [3.8, 4) is 10.6 Å². The summed E-state index contributed by atoms with van der Waals surface area (Å²) in [5.41, 5.74) is 1.14. The van der Waals surface area contributed by atoms with E-state index in [1.807, 2.05) is 0 Å². The molecule has 0 amide bonds. The molecule has 0 bridgehead atoms. The van der Waals surface area contributed by atoms with Crippen molar-refractivity contribution in [2.75, 3.05) is 18.0 Å². The number of thiophene rings is 1. The topological polar surface area (TPSA) is 16.1 Å². The molecule has 3 heterocycles. The number of hydrogen-bond donors (Lipinski definition) is 0. The van der Waals surface area contributed by atoms with E-state index in [0.29, 0.717) is 0 Å². The fourth-order valence-electron chi connectivity index (χ4n) is 1.86. The number of anilines is 1. The van der Waals surface area contributed by atoms with Crippen molar-refractivity contribution in [1.82, 2.24) is 4.98 Å². The zero-order chi connectivity index (χ0) is 10.1. The van der Waals surface area contributed by atoms with E-state index in [4.69, 9.17) is 0 Å². The SMILES string of the molecule is c1csc(-c2csc(N3CCCC3)n2)c1. The van der Waals surface area contributed by atoms with Gasteiger partial charge in [0.25, 0.3) is 0 Å². The van der Waals surface area contributed by atoms with E-state index in [-0.39, 0.29) is 0 Å². The summed E-state index contributed by atoms with van der Waals surface area (Å²) in [6.45, 7) is 2.36. The lowest BCUT2D eigenvalue weighted by molar-refractivity contribution is 0.949. The van der Waals surface area contributed by atoms with Crippen molar-refractivity contribution in [2.24, 2.45) is 0 Å². The maximum atomic E-state index is 4.69. The molecule has 1 fully saturated rings. The van der Waals surface area contributed by atoms with Gasteiger partial charge in [-0.05, 0) is 24.3 Å². The Morgan fingerprint density at radius 1 is 1.20 bits per heavy atom. The van der Waals surface area contributed by atoms with E-state index in [1.165, 1.54) is 35.9 Å². The van der Waals surface area contributed by atoms with E-state index in [2.05, 4.69) is 32.8 Å². The monoisotopic (exact) mass is 236 g/mol. The Morgan fingerprint density at radius 2 is 2.07 bits per heavy atom. The van der Waals surface area contributed by atoms with Crippen LogP contribution in [0.25, 0.3) is 10.6 Å². The lowest BCUT2D eigenvalue weighted by Crippen LogP contribution is -2.16. The fraction of sp³-hybridized carbons (Fsp3) is 0.364. The summed E-state index contributed by atoms with van der Waals surface area (Å²) >= 11 is 3.52. The van der Waals surface area contributed by atoms with Gasteiger partial charge < -0.3 is 4.90 Å². The second kappa shape index (κ2) is 3.94. The zero-order valence-corrected chi connectivity index (χ0v) is 9.98. The smallest absolute Gasteiger partial charge is 0.185 e. The average Bonchev–Trinajstić information content (AvgIpc) is 3.02. The highest BCUT2D eigenvalue weighted by Gasteiger charge is 2.16. The van der Waals surface area contributed by atoms with Gasteiger partial charge in [0.05, 0.1) is 10.6 Å². The van der Waals surface area contributed by atoms with E-state index < -0.39 is 0 Å². The van der Waals surface area contributed by atoms with Crippen LogP contribution in [-0.2, 0) is 0 Å². The highest BCUT2D eigenvalue weighted by molar-refractivity contribution is 7.16. The molecule has 3 rings (SSSR count). The molecule has 0 unspecified atom stereocenters. The van der Waals surface area contributed by atoms with Crippen molar-refractivity contribution >= 4 is 27.8 Å². The molecule has 2 aromatic heterocycles. The van der Waals surface area contributed by atoms with Gasteiger partial charge in [0.15, 0.2) is 5.13 Å². The number of nitrogens with zero attached hydrogens (tertiary/aromatic N) is 2. The molecule has 2 aromatic rings. The Kier molecular flexibility index (Phi) is 2.46. The third-order valence-corrected chi connectivity index (χ3v) is 4.44. The van der Waals surface area contributed by atoms with Gasteiger partial charge in [-0.3, -0.25) is 0 Å². The first kappa shape index (κ1) is 9.36. The van der Waals surface area contributed by atoms with Crippen molar-refractivity contribution in [2.45, 2.75) is 12.8 Å². The Morgan fingerprint density at radius 3 is 2.80 bits per heavy atom. The number of aromatic nitrogens is 1. The highest BCUT2D eigenvalue weighted by Crippen LogP contribution is 2.31. The largest absolute Gasteiger partial charge is 0.348 e. The Labute approximate surface area is 97.2 Å². The van der Waals surface area contributed by atoms with Gasteiger partial charge in [0, 0.05) is 18.5 Å². The van der Waals surface area contributed by atoms with E-state index >= 15 is 0 Å². The van der Waals surface area contributed by atoms with Crippen LogP contribution in [0.2, 0.25) is 0 Å². The third kappa shape index (κ3) is 1.79. The van der Waals surface area contributed by atoms with Gasteiger partial charge >= 0.3 is 0 Å². The molecule has 1 aliphatic rings. The van der Waals surface area contributed by atoms with Gasteiger partial charge in [-0.2, -0.15) is 0 Å². The summed E-state index contributed by atoms with van der Waals surface area (Å²) in [5, 5.41) is 5.46. The lowest BCUT2D eigenvalue weighted by Gasteiger charge is -2.11. The van der Waals surface area contributed by atoms with Crippen molar-refractivity contribution in [3.05, 3.63) is 22.9 Å². The summed E-state index contributed by atoms with van der Waals surface area (Å²) in [4.78, 5) is 8.35. The van der Waals surface area contributed by atoms with Gasteiger partial charge in [-0.1, -0.05) is 6.07 Å². The van der Waals surface area contributed by atoms with Crippen LogP contribution in [0.15, 0.2) is 22.9 Å². The molecule has 0 aliphatic carbocycles. The molecule has 0 spiro atoms. The van der Waals surface area contributed by atoms with E-state index in [0.717, 1.165) is 5.69 Å². The third-order valence-electron chi connectivity index (χ3n) is 2.64. The maximum Gasteiger partial charge on any atom is 0.185 e. The first-order valence-electron chi connectivity index (χ1n) is 5.18. The Bertz CT molecular complexity index is 427. The van der Waals surface area contributed by atoms with Gasteiger partial charge in [-0.25, -0.2) is 4.98 Å². The molecular formula is C11H12N2S2. The summed E-state index contributed by atoms with van der Waals surface area (Å²) in [6, 6.07) is 4.21. The van der Waals surface area contributed by atoms with Crippen LogP contribution in [0.4, 0.5) is 5.13 Å². The van der Waals surface area contributed by atoms with Crippen LogP contribution in [0.5, 0.6) is 0 Å². The number of rotatable bonds is 2. The molecule has 4 heteroatoms. The van der Waals surface area contributed by atoms with Gasteiger partial charge in [0.2, 0.25) is 0 Å². The number of thiazole rings is 1. The molecule has 1 aliphatic heterocycles. The van der Waals surface area contributed by atoms with E-state index in [1.54, 1.807) is 22.7 Å². The lowest BCUT2D eigenvalue weighted by atomic mass is 10.4. The molecule has 0 atom stereocenters. The van der Waals surface area contributed by atoms with Crippen LogP contribution in [0, 0.1) is 0 Å². The second-order valence-electron chi connectivity index (χ2n) is 3.69. The number of hydrogen-bond acceptors (Lipinski definition) is 4. The van der Waals surface area contributed by atoms with Crippen molar-refractivity contribution in [3.63, 3.8) is 0 Å². The first-order chi connectivity index (χ1) is 7.43. The molecule has 1 saturated heterocycles. The molecule has 0 radical (unpaired) electrons. The predicted octanol–water partition coefficient (Wildman–Crippen LogP) is 3.47. The van der Waals surface area contributed by atoms with Crippen LogP contribution in [-0.4, -0.2) is 18.1 Å². The molecule has 15 heavy (non-hydrogen) atoms. The highest BCUT2D eigenvalue weighted by atomic mass is 32.1. The summed E-state index contributed by atoms with van der Waals surface area (Å²) < 4.78 is 0. The van der Waals surface area contributed by atoms with Crippen molar-refractivity contribution in [1.29, 1.82) is 0 Å². The predicted molar refractivity (Wildman–Crippen MR) is 66.9 cm³/mol. The minimum Gasteiger partial charge on any atom is -0.348 e. The first-order valence-corrected chi connectivity index (χ1v) is 6.94. The second-order valence-corrected chi connectivity index (χ2v) is 5.47. The Balaban J connectivity index is 1.87. The molecule has 0 N–H and O–H groups in total. The molecular weight excluding hydrogens is 224 g/mol. The van der Waals surface area contributed by atoms with Gasteiger partial charge in [0.1, 0.15) is 0 Å². The average molecular weight is 236 g/mol. The summed E-state index contributed by atoms with van der Waals surface area (Å²) in [5.74, 6) is 0. The van der Waals surface area contributed by atoms with Crippen LogP contribution in [0.1, 0.15) is 12.8 Å². The minimum atomic E-state index is 1.14. The van der Waals surface area contributed by atoms with Crippen molar-refractivity contribution < 1.29 is 0 Å². The minimum absolute atomic E-state index is 1.14. The van der Waals surface area contributed by atoms with Crippen LogP contribution < -0.4 is 4.90 Å². The summed E-state index contributed by atoms with van der Waals surface area (Å²) in [7, 11) is 0.